The van der Waals surface area contributed by atoms with Gasteiger partial charge in [0.1, 0.15) is 0 Å². The van der Waals surface area contributed by atoms with Crippen LogP contribution in [0.3, 0.4) is 0 Å². The minimum atomic E-state index is 0.614. The second-order valence-corrected chi connectivity index (χ2v) is 6.65. The van der Waals surface area contributed by atoms with Gasteiger partial charge >= 0.3 is 0 Å². The van der Waals surface area contributed by atoms with Crippen molar-refractivity contribution in [2.45, 2.75) is 38.1 Å². The van der Waals surface area contributed by atoms with Crippen LogP contribution in [-0.2, 0) is 0 Å². The van der Waals surface area contributed by atoms with E-state index in [0.717, 1.165) is 10.4 Å². The summed E-state index contributed by atoms with van der Waals surface area (Å²) >= 11 is 7.85. The molecule has 2 nitrogen and oxygen atoms in total. The summed E-state index contributed by atoms with van der Waals surface area (Å²) in [5.74, 6) is 0. The maximum atomic E-state index is 6.25. The third kappa shape index (κ3) is 2.94. The number of nitrogens with one attached hydrogen (secondary N) is 1. The fraction of sp³-hybridized carbons (Fsp3) is 0.375. The molecule has 1 aliphatic rings. The number of hydrogen-bond acceptors (Lipinski definition) is 3. The molecule has 0 amide bonds. The van der Waals surface area contributed by atoms with E-state index >= 15 is 0 Å². The Kier molecular flexibility index (Phi) is 4.18. The summed E-state index contributed by atoms with van der Waals surface area (Å²) in [4.78, 5) is 1.05. The number of halogens is 1. The molecule has 3 N–H and O–H groups in total. The van der Waals surface area contributed by atoms with E-state index in [2.05, 4.69) is 29.6 Å². The standard InChI is InChI=1S/C16H19ClN2S/c17-15-14(18)10-20-16(15)11-5-4-8-13(9-11)19-12-6-2-1-3-7-12/h4-5,8-10,12,19H,1-3,6-7,18H2. The Morgan fingerprint density at radius 1 is 1.20 bits per heavy atom. The fourth-order valence-electron chi connectivity index (χ4n) is 2.78. The van der Waals surface area contributed by atoms with Crippen LogP contribution in [0.2, 0.25) is 5.02 Å². The van der Waals surface area contributed by atoms with Gasteiger partial charge in [-0.25, -0.2) is 0 Å². The van der Waals surface area contributed by atoms with Crippen molar-refractivity contribution < 1.29 is 0 Å². The van der Waals surface area contributed by atoms with Gasteiger partial charge in [0.2, 0.25) is 0 Å². The smallest absolute Gasteiger partial charge is 0.0821 e. The lowest BCUT2D eigenvalue weighted by Crippen LogP contribution is -2.22. The normalized spacial score (nSPS) is 16.2. The minimum Gasteiger partial charge on any atom is -0.397 e. The molecule has 1 aromatic carbocycles. The lowest BCUT2D eigenvalue weighted by atomic mass is 9.95. The highest BCUT2D eigenvalue weighted by molar-refractivity contribution is 7.15. The van der Waals surface area contributed by atoms with Gasteiger partial charge in [-0.2, -0.15) is 0 Å². The van der Waals surface area contributed by atoms with E-state index in [9.17, 15) is 0 Å². The predicted octanol–water partition coefficient (Wildman–Crippen LogP) is 5.40. The first-order chi connectivity index (χ1) is 9.74. The molecule has 106 valence electrons. The highest BCUT2D eigenvalue weighted by Crippen LogP contribution is 2.39. The largest absolute Gasteiger partial charge is 0.397 e. The average Bonchev–Trinajstić information content (AvgIpc) is 2.80. The number of thiophene rings is 1. The predicted molar refractivity (Wildman–Crippen MR) is 89.7 cm³/mol. The van der Waals surface area contributed by atoms with Gasteiger partial charge in [-0.1, -0.05) is 43.0 Å². The highest BCUT2D eigenvalue weighted by Gasteiger charge is 2.14. The minimum absolute atomic E-state index is 0.614. The molecule has 0 bridgehead atoms. The molecule has 0 atom stereocenters. The molecule has 0 spiro atoms. The molecule has 0 saturated heterocycles. The van der Waals surface area contributed by atoms with Crippen molar-refractivity contribution in [1.82, 2.24) is 0 Å². The molecule has 1 saturated carbocycles. The molecule has 2 aromatic rings. The summed E-state index contributed by atoms with van der Waals surface area (Å²) in [5, 5.41) is 6.22. The number of anilines is 2. The molecular weight excluding hydrogens is 288 g/mol. The van der Waals surface area contributed by atoms with Crippen molar-refractivity contribution in [3.63, 3.8) is 0 Å². The Morgan fingerprint density at radius 2 is 2.00 bits per heavy atom. The molecule has 1 aliphatic carbocycles. The molecule has 4 heteroatoms. The van der Waals surface area contributed by atoms with E-state index in [1.54, 1.807) is 11.3 Å². The van der Waals surface area contributed by atoms with Crippen LogP contribution in [0.25, 0.3) is 10.4 Å². The van der Waals surface area contributed by atoms with Crippen molar-refractivity contribution >= 4 is 34.3 Å². The quantitative estimate of drug-likeness (QED) is 0.797. The molecule has 1 aromatic heterocycles. The summed E-state index contributed by atoms with van der Waals surface area (Å²) < 4.78 is 0. The van der Waals surface area contributed by atoms with Gasteiger partial charge in [0, 0.05) is 17.1 Å². The average molecular weight is 307 g/mol. The summed E-state index contributed by atoms with van der Waals surface area (Å²) in [7, 11) is 0. The zero-order chi connectivity index (χ0) is 13.9. The molecule has 20 heavy (non-hydrogen) atoms. The molecule has 3 rings (SSSR count). The number of nitrogen functional groups attached to an aromatic ring is 1. The summed E-state index contributed by atoms with van der Waals surface area (Å²) in [6.45, 7) is 0. The van der Waals surface area contributed by atoms with Gasteiger partial charge in [-0.3, -0.25) is 0 Å². The van der Waals surface area contributed by atoms with Crippen LogP contribution in [-0.4, -0.2) is 6.04 Å². The first-order valence-electron chi connectivity index (χ1n) is 7.13. The first-order valence-corrected chi connectivity index (χ1v) is 8.39. The van der Waals surface area contributed by atoms with Gasteiger partial charge in [0.05, 0.1) is 15.6 Å². The van der Waals surface area contributed by atoms with Gasteiger partial charge < -0.3 is 11.1 Å². The number of rotatable bonds is 3. The molecule has 0 aliphatic heterocycles. The number of hydrogen-bond donors (Lipinski definition) is 2. The molecule has 0 unspecified atom stereocenters. The Hall–Kier alpha value is -1.19. The van der Waals surface area contributed by atoms with Gasteiger partial charge in [-0.05, 0) is 30.5 Å². The summed E-state index contributed by atoms with van der Waals surface area (Å²) in [6, 6.07) is 9.08. The van der Waals surface area contributed by atoms with E-state index in [-0.39, 0.29) is 0 Å². The van der Waals surface area contributed by atoms with Crippen molar-refractivity contribution in [3.05, 3.63) is 34.7 Å². The van der Waals surface area contributed by atoms with E-state index in [0.29, 0.717) is 16.8 Å². The summed E-state index contributed by atoms with van der Waals surface area (Å²) in [5.41, 5.74) is 8.81. The van der Waals surface area contributed by atoms with Crippen molar-refractivity contribution in [1.29, 1.82) is 0 Å². The van der Waals surface area contributed by atoms with Crippen LogP contribution in [0.5, 0.6) is 0 Å². The second kappa shape index (κ2) is 6.06. The van der Waals surface area contributed by atoms with Crippen molar-refractivity contribution in [3.8, 4) is 10.4 Å². The third-order valence-corrected chi connectivity index (χ3v) is 5.42. The molecule has 1 heterocycles. The van der Waals surface area contributed by atoms with E-state index in [4.69, 9.17) is 17.3 Å². The van der Waals surface area contributed by atoms with E-state index < -0.39 is 0 Å². The van der Waals surface area contributed by atoms with Gasteiger partial charge in [0.25, 0.3) is 0 Å². The van der Waals surface area contributed by atoms with Crippen LogP contribution < -0.4 is 11.1 Å². The Bertz CT molecular complexity index is 588. The lowest BCUT2D eigenvalue weighted by molar-refractivity contribution is 0.463. The maximum Gasteiger partial charge on any atom is 0.0821 e. The second-order valence-electron chi connectivity index (χ2n) is 5.39. The lowest BCUT2D eigenvalue weighted by Gasteiger charge is -2.24. The zero-order valence-corrected chi connectivity index (χ0v) is 12.9. The van der Waals surface area contributed by atoms with Crippen LogP contribution in [0.15, 0.2) is 29.6 Å². The SMILES string of the molecule is Nc1csc(-c2cccc(NC3CCCCC3)c2)c1Cl. The van der Waals surface area contributed by atoms with Crippen LogP contribution in [0.1, 0.15) is 32.1 Å². The summed E-state index contributed by atoms with van der Waals surface area (Å²) in [6.07, 6.45) is 6.60. The topological polar surface area (TPSA) is 38.0 Å². The first kappa shape index (κ1) is 13.8. The zero-order valence-electron chi connectivity index (χ0n) is 11.4. The maximum absolute atomic E-state index is 6.25. The Balaban J connectivity index is 1.80. The van der Waals surface area contributed by atoms with Crippen LogP contribution >= 0.6 is 22.9 Å². The fourth-order valence-corrected chi connectivity index (χ4v) is 3.99. The number of benzene rings is 1. The van der Waals surface area contributed by atoms with Crippen molar-refractivity contribution in [2.75, 3.05) is 11.1 Å². The monoisotopic (exact) mass is 306 g/mol. The van der Waals surface area contributed by atoms with Crippen LogP contribution in [0, 0.1) is 0 Å². The molecule has 0 radical (unpaired) electrons. The Labute approximate surface area is 129 Å². The highest BCUT2D eigenvalue weighted by atomic mass is 35.5. The molecule has 1 fully saturated rings. The number of nitrogens with two attached hydrogens (primary N) is 1. The van der Waals surface area contributed by atoms with Gasteiger partial charge in [0.15, 0.2) is 0 Å². The van der Waals surface area contributed by atoms with E-state index in [1.807, 2.05) is 5.38 Å². The van der Waals surface area contributed by atoms with E-state index in [1.165, 1.54) is 37.8 Å². The van der Waals surface area contributed by atoms with Crippen LogP contribution in [0.4, 0.5) is 11.4 Å². The third-order valence-electron chi connectivity index (χ3n) is 3.86. The molecular formula is C16H19ClN2S. The van der Waals surface area contributed by atoms with Gasteiger partial charge in [-0.15, -0.1) is 11.3 Å². The van der Waals surface area contributed by atoms with Crippen molar-refractivity contribution in [2.24, 2.45) is 0 Å². The Morgan fingerprint density at radius 3 is 2.70 bits per heavy atom.